The molecule has 0 spiro atoms. The molecule has 0 aliphatic heterocycles. The summed E-state index contributed by atoms with van der Waals surface area (Å²) in [5.74, 6) is 0.925. The summed E-state index contributed by atoms with van der Waals surface area (Å²) in [5, 5.41) is 4.53. The molecule has 0 radical (unpaired) electrons. The Morgan fingerprint density at radius 2 is 1.95 bits per heavy atom. The highest BCUT2D eigenvalue weighted by Gasteiger charge is 2.00. The van der Waals surface area contributed by atoms with E-state index in [2.05, 4.69) is 29.4 Å². The first-order chi connectivity index (χ1) is 9.13. The molecule has 19 heavy (non-hydrogen) atoms. The first-order valence-corrected chi connectivity index (χ1v) is 7.33. The zero-order valence-corrected chi connectivity index (χ0v) is 12.5. The van der Waals surface area contributed by atoms with Crippen LogP contribution in [0.15, 0.2) is 30.5 Å². The van der Waals surface area contributed by atoms with E-state index in [0.717, 1.165) is 23.8 Å². The van der Waals surface area contributed by atoms with Crippen LogP contribution >= 0.6 is 11.3 Å². The van der Waals surface area contributed by atoms with Crippen LogP contribution in [0.3, 0.4) is 0 Å². The fourth-order valence-electron chi connectivity index (χ4n) is 1.75. The van der Waals surface area contributed by atoms with Crippen molar-refractivity contribution in [3.63, 3.8) is 0 Å². The molecule has 0 aliphatic rings. The lowest BCUT2D eigenvalue weighted by atomic mass is 10.2. The zero-order chi connectivity index (χ0) is 13.7. The number of aromatic nitrogens is 1. The molecule has 2 rings (SSSR count). The van der Waals surface area contributed by atoms with Gasteiger partial charge in [-0.05, 0) is 38.5 Å². The molecule has 0 fully saturated rings. The van der Waals surface area contributed by atoms with Gasteiger partial charge in [-0.25, -0.2) is 4.98 Å². The summed E-state index contributed by atoms with van der Waals surface area (Å²) in [4.78, 5) is 5.59. The number of ether oxygens (including phenoxy) is 1. The summed E-state index contributed by atoms with van der Waals surface area (Å²) in [6, 6.07) is 8.23. The van der Waals surface area contributed by atoms with Gasteiger partial charge >= 0.3 is 0 Å². The van der Waals surface area contributed by atoms with E-state index in [0.29, 0.717) is 0 Å². The summed E-state index contributed by atoms with van der Waals surface area (Å²) >= 11 is 1.74. The predicted molar refractivity (Wildman–Crippen MR) is 79.6 cm³/mol. The second-order valence-corrected chi connectivity index (χ2v) is 6.10. The van der Waals surface area contributed by atoms with Crippen LogP contribution in [0.25, 0.3) is 0 Å². The van der Waals surface area contributed by atoms with Gasteiger partial charge in [0.15, 0.2) is 0 Å². The minimum atomic E-state index is 0.220. The molecular weight excluding hydrogens is 256 g/mol. The zero-order valence-electron chi connectivity index (χ0n) is 11.6. The van der Waals surface area contributed by atoms with Gasteiger partial charge in [0.2, 0.25) is 0 Å². The smallest absolute Gasteiger partial charge is 0.119 e. The second kappa shape index (κ2) is 6.68. The lowest BCUT2D eigenvalue weighted by Gasteiger charge is -2.10. The van der Waals surface area contributed by atoms with Crippen LogP contribution in [0, 0.1) is 6.92 Å². The Bertz CT molecular complexity index is 505. The molecule has 1 heterocycles. The third-order valence-electron chi connectivity index (χ3n) is 2.57. The summed E-state index contributed by atoms with van der Waals surface area (Å²) in [7, 11) is 0. The van der Waals surface area contributed by atoms with E-state index in [4.69, 9.17) is 4.74 Å². The molecule has 1 N–H and O–H groups in total. The van der Waals surface area contributed by atoms with Crippen molar-refractivity contribution in [1.29, 1.82) is 0 Å². The van der Waals surface area contributed by atoms with Crippen LogP contribution in [-0.2, 0) is 13.1 Å². The maximum absolute atomic E-state index is 5.62. The summed E-state index contributed by atoms with van der Waals surface area (Å²) in [6.07, 6.45) is 2.14. The first-order valence-electron chi connectivity index (χ1n) is 6.51. The maximum Gasteiger partial charge on any atom is 0.119 e. The molecule has 0 bridgehead atoms. The Balaban J connectivity index is 1.79. The largest absolute Gasteiger partial charge is 0.491 e. The van der Waals surface area contributed by atoms with Crippen molar-refractivity contribution in [2.24, 2.45) is 0 Å². The van der Waals surface area contributed by atoms with Crippen LogP contribution in [-0.4, -0.2) is 11.1 Å². The highest BCUT2D eigenvalue weighted by atomic mass is 32.1. The minimum absolute atomic E-state index is 0.220. The summed E-state index contributed by atoms with van der Waals surface area (Å²) < 4.78 is 5.62. The van der Waals surface area contributed by atoms with E-state index < -0.39 is 0 Å². The molecule has 0 aliphatic carbocycles. The Kier molecular flexibility index (Phi) is 4.93. The van der Waals surface area contributed by atoms with Crippen molar-refractivity contribution < 1.29 is 4.74 Å². The highest BCUT2D eigenvalue weighted by molar-refractivity contribution is 7.11. The highest BCUT2D eigenvalue weighted by Crippen LogP contribution is 2.14. The lowest BCUT2D eigenvalue weighted by molar-refractivity contribution is 0.242. The van der Waals surface area contributed by atoms with Crippen molar-refractivity contribution in [1.82, 2.24) is 10.3 Å². The lowest BCUT2D eigenvalue weighted by Crippen LogP contribution is -2.12. The Hall–Kier alpha value is -1.39. The third-order valence-corrected chi connectivity index (χ3v) is 3.48. The van der Waals surface area contributed by atoms with Gasteiger partial charge in [-0.1, -0.05) is 12.1 Å². The molecule has 1 aromatic heterocycles. The van der Waals surface area contributed by atoms with Crippen molar-refractivity contribution in [3.8, 4) is 5.75 Å². The average Bonchev–Trinajstić information content (AvgIpc) is 2.77. The predicted octanol–water partition coefficient (Wildman–Crippen LogP) is 3.53. The van der Waals surface area contributed by atoms with E-state index in [1.807, 2.05) is 32.2 Å². The molecule has 2 aromatic rings. The summed E-state index contributed by atoms with van der Waals surface area (Å²) in [6.45, 7) is 7.81. The van der Waals surface area contributed by atoms with Crippen LogP contribution in [0.4, 0.5) is 0 Å². The average molecular weight is 276 g/mol. The quantitative estimate of drug-likeness (QED) is 0.876. The molecule has 0 unspecified atom stereocenters. The SMILES string of the molecule is Cc1cnc(CNCc2ccc(OC(C)C)cc2)s1. The van der Waals surface area contributed by atoms with E-state index in [-0.39, 0.29) is 6.10 Å². The molecule has 0 atom stereocenters. The number of aryl methyl sites for hydroxylation is 1. The standard InChI is InChI=1S/C15H20N2OS/c1-11(2)18-14-6-4-13(5-7-14)9-16-10-15-17-8-12(3)19-15/h4-8,11,16H,9-10H2,1-3H3. The molecule has 0 amide bonds. The van der Waals surface area contributed by atoms with E-state index in [1.165, 1.54) is 10.4 Å². The topological polar surface area (TPSA) is 34.2 Å². The molecule has 1 aromatic carbocycles. The van der Waals surface area contributed by atoms with Gasteiger partial charge < -0.3 is 10.1 Å². The number of hydrogen-bond acceptors (Lipinski definition) is 4. The number of hydrogen-bond donors (Lipinski definition) is 1. The van der Waals surface area contributed by atoms with Crippen molar-refractivity contribution in [2.45, 2.75) is 40.0 Å². The van der Waals surface area contributed by atoms with Crippen LogP contribution in [0.5, 0.6) is 5.75 Å². The maximum atomic E-state index is 5.62. The second-order valence-electron chi connectivity index (χ2n) is 4.78. The van der Waals surface area contributed by atoms with Crippen LogP contribution in [0.1, 0.15) is 29.3 Å². The molecule has 3 nitrogen and oxygen atoms in total. The number of nitrogens with zero attached hydrogens (tertiary/aromatic N) is 1. The third kappa shape index (κ3) is 4.65. The van der Waals surface area contributed by atoms with Crippen molar-refractivity contribution in [3.05, 3.63) is 45.9 Å². The fraction of sp³-hybridized carbons (Fsp3) is 0.400. The van der Waals surface area contributed by atoms with E-state index in [9.17, 15) is 0 Å². The minimum Gasteiger partial charge on any atom is -0.491 e. The summed E-state index contributed by atoms with van der Waals surface area (Å²) in [5.41, 5.74) is 1.25. The van der Waals surface area contributed by atoms with Gasteiger partial charge in [-0.15, -0.1) is 11.3 Å². The van der Waals surface area contributed by atoms with Crippen molar-refractivity contribution >= 4 is 11.3 Å². The molecule has 102 valence electrons. The van der Waals surface area contributed by atoms with Crippen LogP contribution in [0.2, 0.25) is 0 Å². The van der Waals surface area contributed by atoms with Gasteiger partial charge in [0.25, 0.3) is 0 Å². The number of benzene rings is 1. The van der Waals surface area contributed by atoms with Gasteiger partial charge in [0.1, 0.15) is 10.8 Å². The van der Waals surface area contributed by atoms with Gasteiger partial charge in [0.05, 0.1) is 6.10 Å². The van der Waals surface area contributed by atoms with Gasteiger partial charge in [-0.3, -0.25) is 0 Å². The molecular formula is C15H20N2OS. The van der Waals surface area contributed by atoms with Crippen molar-refractivity contribution in [2.75, 3.05) is 0 Å². The number of nitrogens with one attached hydrogen (secondary N) is 1. The number of rotatable bonds is 6. The molecule has 4 heteroatoms. The van der Waals surface area contributed by atoms with Gasteiger partial charge in [0, 0.05) is 24.2 Å². The number of thiazole rings is 1. The monoisotopic (exact) mass is 276 g/mol. The Morgan fingerprint density at radius 1 is 1.21 bits per heavy atom. The molecule has 0 saturated heterocycles. The van der Waals surface area contributed by atoms with E-state index >= 15 is 0 Å². The van der Waals surface area contributed by atoms with Gasteiger partial charge in [-0.2, -0.15) is 0 Å². The van der Waals surface area contributed by atoms with E-state index in [1.54, 1.807) is 11.3 Å². The fourth-order valence-corrected chi connectivity index (χ4v) is 2.51. The Labute approximate surface area is 118 Å². The normalized spacial score (nSPS) is 10.9. The first kappa shape index (κ1) is 14.0. The van der Waals surface area contributed by atoms with Crippen LogP contribution < -0.4 is 10.1 Å². The Morgan fingerprint density at radius 3 is 2.53 bits per heavy atom. The molecule has 0 saturated carbocycles.